The molecular weight excluding hydrogens is 50.0 g/mol. The van der Waals surface area contributed by atoms with Gasteiger partial charge < -0.3 is 0 Å². The van der Waals surface area contributed by atoms with Gasteiger partial charge in [-0.25, -0.2) is 0 Å². The molecule has 0 spiro atoms. The van der Waals surface area contributed by atoms with Gasteiger partial charge in [0.1, 0.15) is 0 Å². The Balaban J connectivity index is 4.39. The van der Waals surface area contributed by atoms with Gasteiger partial charge in [0.15, 0.2) is 0 Å². The van der Waals surface area contributed by atoms with E-state index < -0.39 is 13.2 Å². The Hall–Kier alpha value is -0.510. The molecule has 0 bridgehead atoms. The summed E-state index contributed by atoms with van der Waals surface area (Å²) in [5.74, 6) is 0. The van der Waals surface area contributed by atoms with Crippen LogP contribution in [0.3, 0.4) is 0 Å². The van der Waals surface area contributed by atoms with Crippen molar-refractivity contribution in [3.63, 3.8) is 0 Å². The van der Waals surface area contributed by atoms with Crippen LogP contribution < -0.4 is 0 Å². The Bertz CT molecular complexity index is 139. The molecule has 1 heteroatoms. The first kappa shape index (κ1) is 0.386. The van der Waals surface area contributed by atoms with E-state index in [-0.39, 0.29) is 0 Å². The van der Waals surface area contributed by atoms with Gasteiger partial charge in [-0.15, -0.1) is 0 Å². The third kappa shape index (κ3) is 1.49. The van der Waals surface area contributed by atoms with Gasteiger partial charge in [0.2, 0.25) is 0 Å². The molecule has 0 aliphatic carbocycles. The molecule has 0 fully saturated rings. The monoisotopic (exact) mass is 60.1 g/mol. The van der Waals surface area contributed by atoms with E-state index in [2.05, 4.69) is 0 Å². The Morgan fingerprint density at radius 1 is 2.75 bits per heavy atom. The van der Waals surface area contributed by atoms with Crippen LogP contribution in [0.4, 0.5) is 0 Å². The van der Waals surface area contributed by atoms with Crippen molar-refractivity contribution in [1.82, 2.24) is 0 Å². The van der Waals surface area contributed by atoms with Gasteiger partial charge in [0.25, 0.3) is 0 Å². The summed E-state index contributed by atoms with van der Waals surface area (Å²) in [7, 11) is 0. The van der Waals surface area contributed by atoms with Crippen LogP contribution in [0, 0.1) is 11.3 Å². The molecule has 0 saturated heterocycles. The molecule has 0 unspecified atom stereocenters. The predicted molar refractivity (Wildman–Crippen MR) is 15.9 cm³/mol. The van der Waals surface area contributed by atoms with E-state index in [1.807, 2.05) is 0 Å². The second kappa shape index (κ2) is 2.49. The smallest absolute Gasteiger partial charge is 0.0618 e. The molecule has 0 aromatic heterocycles. The van der Waals surface area contributed by atoms with Crippen LogP contribution in [0.5, 0.6) is 0 Å². The molecule has 1 nitrogen and oxygen atoms in total. The Labute approximate surface area is 32.9 Å². The fraction of sp³-hybridized carbons (Fsp3) is 0.667. The number of hydrogen-bond donors (Lipinski definition) is 0. The summed E-state index contributed by atoms with van der Waals surface area (Å²) in [6.45, 7) is -2.83. The second-order valence-electron chi connectivity index (χ2n) is 0.237. The first-order valence-electron chi connectivity index (χ1n) is 3.22. The summed E-state index contributed by atoms with van der Waals surface area (Å²) in [5, 5.41) is 7.94. The lowest BCUT2D eigenvalue weighted by Gasteiger charge is -1.47. The van der Waals surface area contributed by atoms with Crippen molar-refractivity contribution in [3.8, 4) is 6.07 Å². The standard InChI is InChI=1S/C3H5N/c1-2-3-4/h2H2,1H3/i1D3,2D2. The van der Waals surface area contributed by atoms with Gasteiger partial charge in [-0.1, -0.05) is 6.85 Å². The number of hydrogen-bond acceptors (Lipinski definition) is 1. The number of rotatable bonds is 0. The van der Waals surface area contributed by atoms with Gasteiger partial charge in [-0.05, 0) is 0 Å². The molecule has 0 aromatic carbocycles. The molecule has 0 amide bonds. The summed E-state index contributed by atoms with van der Waals surface area (Å²) in [4.78, 5) is 0. The van der Waals surface area contributed by atoms with Crippen molar-refractivity contribution >= 4 is 0 Å². The van der Waals surface area contributed by atoms with Crippen molar-refractivity contribution in [3.05, 3.63) is 0 Å². The van der Waals surface area contributed by atoms with E-state index in [0.29, 0.717) is 0 Å². The predicted octanol–water partition coefficient (Wildman–Crippen LogP) is 0.920. The second-order valence-corrected chi connectivity index (χ2v) is 0.237. The Kier molecular flexibility index (Phi) is 0.240. The van der Waals surface area contributed by atoms with Crippen LogP contribution in [-0.4, -0.2) is 0 Å². The lowest BCUT2D eigenvalue weighted by molar-refractivity contribution is 1.22. The molecule has 0 aliphatic heterocycles. The minimum atomic E-state index is -2.83. The molecule has 0 atom stereocenters. The summed E-state index contributed by atoms with van der Waals surface area (Å²) in [5.41, 5.74) is 0. The van der Waals surface area contributed by atoms with Crippen molar-refractivity contribution in [1.29, 1.82) is 5.26 Å². The van der Waals surface area contributed by atoms with E-state index in [1.54, 1.807) is 0 Å². The first-order valence-corrected chi connectivity index (χ1v) is 0.724. The summed E-state index contributed by atoms with van der Waals surface area (Å²) in [6.07, 6.45) is -2.72. The van der Waals surface area contributed by atoms with E-state index in [1.165, 1.54) is 0 Å². The summed E-state index contributed by atoms with van der Waals surface area (Å²) >= 11 is 0. The van der Waals surface area contributed by atoms with Crippen molar-refractivity contribution in [2.24, 2.45) is 0 Å². The zero-order valence-corrected chi connectivity index (χ0v) is 1.95. The maximum absolute atomic E-state index is 7.94. The quantitative estimate of drug-likeness (QED) is 0.408. The maximum atomic E-state index is 7.94. The van der Waals surface area contributed by atoms with Gasteiger partial charge >= 0.3 is 0 Å². The number of nitriles is 1. The van der Waals surface area contributed by atoms with Gasteiger partial charge in [-0.2, -0.15) is 5.26 Å². The highest BCUT2D eigenvalue weighted by Gasteiger charge is 1.49. The largest absolute Gasteiger partial charge is 0.198 e. The van der Waals surface area contributed by atoms with E-state index in [0.717, 1.165) is 6.07 Å². The van der Waals surface area contributed by atoms with Gasteiger partial charge in [0, 0.05) is 13.2 Å². The van der Waals surface area contributed by atoms with Crippen LogP contribution in [0.2, 0.25) is 0 Å². The average Bonchev–Trinajstić information content (AvgIpc) is 1.64. The van der Waals surface area contributed by atoms with Crippen LogP contribution in [0.15, 0.2) is 0 Å². The summed E-state index contributed by atoms with van der Waals surface area (Å²) < 4.78 is 32.6. The molecule has 0 N–H and O–H groups in total. The van der Waals surface area contributed by atoms with Gasteiger partial charge in [0.05, 0.1) is 6.07 Å². The molecule has 4 heavy (non-hydrogen) atoms. The summed E-state index contributed by atoms with van der Waals surface area (Å²) in [6, 6.07) is 1.05. The minimum Gasteiger partial charge on any atom is -0.198 e. The zero-order chi connectivity index (χ0) is 7.71. The fourth-order valence-corrected chi connectivity index (χ4v) is 0. The molecule has 0 radical (unpaired) electrons. The van der Waals surface area contributed by atoms with Crippen LogP contribution in [0.25, 0.3) is 0 Å². The SMILES string of the molecule is [2H]C([2H])([2H])C([2H])([2H])C#N. The highest BCUT2D eigenvalue weighted by atomic mass is 14.2. The Morgan fingerprint density at radius 2 is 3.50 bits per heavy atom. The maximum Gasteiger partial charge on any atom is 0.0618 e. The zero-order valence-electron chi connectivity index (χ0n) is 6.95. The third-order valence-electron chi connectivity index (χ3n) is 0.0559. The molecule has 0 saturated carbocycles. The topological polar surface area (TPSA) is 23.8 Å². The minimum absolute atomic E-state index is 1.05. The molecule has 0 aromatic rings. The Morgan fingerprint density at radius 3 is 3.50 bits per heavy atom. The molecule has 0 aliphatic rings. The average molecular weight is 60.1 g/mol. The highest BCUT2D eigenvalue weighted by Crippen LogP contribution is 1.58. The van der Waals surface area contributed by atoms with E-state index in [4.69, 9.17) is 12.1 Å². The van der Waals surface area contributed by atoms with E-state index in [9.17, 15) is 0 Å². The van der Waals surface area contributed by atoms with Gasteiger partial charge in [-0.3, -0.25) is 0 Å². The normalized spacial score (nSPS) is 30.2. The lowest BCUT2D eigenvalue weighted by Crippen LogP contribution is -1.38. The van der Waals surface area contributed by atoms with Crippen molar-refractivity contribution in [2.45, 2.75) is 13.2 Å². The highest BCUT2D eigenvalue weighted by molar-refractivity contribution is 4.61. The van der Waals surface area contributed by atoms with Crippen molar-refractivity contribution < 1.29 is 6.85 Å². The van der Waals surface area contributed by atoms with Crippen LogP contribution >= 0.6 is 0 Å². The van der Waals surface area contributed by atoms with Crippen molar-refractivity contribution in [2.75, 3.05) is 0 Å². The molecule has 0 rings (SSSR count). The fourth-order valence-electron chi connectivity index (χ4n) is 0. The lowest BCUT2D eigenvalue weighted by atomic mass is 10.6. The molecule has 0 heterocycles. The molecule has 22 valence electrons. The van der Waals surface area contributed by atoms with E-state index >= 15 is 0 Å². The van der Waals surface area contributed by atoms with Crippen LogP contribution in [-0.2, 0) is 0 Å². The third-order valence-corrected chi connectivity index (χ3v) is 0.0559. The first-order chi connectivity index (χ1) is 3.81. The molecular formula is C3H5N. The number of nitrogens with zero attached hydrogens (tertiary/aromatic N) is 1. The van der Waals surface area contributed by atoms with Crippen LogP contribution in [0.1, 0.15) is 20.1 Å².